The lowest BCUT2D eigenvalue weighted by atomic mass is 10.1. The summed E-state index contributed by atoms with van der Waals surface area (Å²) in [4.78, 5) is 14.6. The number of benzene rings is 1. The van der Waals surface area contributed by atoms with Crippen molar-refractivity contribution in [2.75, 3.05) is 11.9 Å². The Balaban J connectivity index is 2.02. The average Bonchev–Trinajstić information content (AvgIpc) is 2.93. The molecule has 0 radical (unpaired) electrons. The molecule has 1 aromatic rings. The number of hydrogen-bond donors (Lipinski definition) is 2. The van der Waals surface area contributed by atoms with Gasteiger partial charge >= 0.3 is 0 Å². The summed E-state index contributed by atoms with van der Waals surface area (Å²) in [6.45, 7) is 4.51. The lowest BCUT2D eigenvalue weighted by Gasteiger charge is -2.30. The van der Waals surface area contributed by atoms with E-state index < -0.39 is 0 Å². The van der Waals surface area contributed by atoms with E-state index in [1.165, 1.54) is 0 Å². The van der Waals surface area contributed by atoms with Crippen LogP contribution in [-0.2, 0) is 4.79 Å². The lowest BCUT2D eigenvalue weighted by Crippen LogP contribution is -2.45. The Kier molecular flexibility index (Phi) is 6.00. The fraction of sp³-hybridized carbons (Fsp3) is 0.529. The van der Waals surface area contributed by atoms with Gasteiger partial charge in [-0.2, -0.15) is 5.26 Å². The molecule has 3 unspecified atom stereocenters. The summed E-state index contributed by atoms with van der Waals surface area (Å²) in [5.74, 6) is -0.108. The van der Waals surface area contributed by atoms with Crippen LogP contribution >= 0.6 is 11.6 Å². The van der Waals surface area contributed by atoms with Crippen molar-refractivity contribution in [1.82, 2.24) is 4.90 Å². The Labute approximate surface area is 141 Å². The molecule has 1 aliphatic rings. The van der Waals surface area contributed by atoms with E-state index in [2.05, 4.69) is 10.2 Å². The number of aliphatic hydroxyl groups excluding tert-OH is 1. The van der Waals surface area contributed by atoms with Crippen LogP contribution in [-0.4, -0.2) is 40.6 Å². The molecule has 1 heterocycles. The first-order valence-electron chi connectivity index (χ1n) is 7.86. The fourth-order valence-electron chi connectivity index (χ4n) is 3.10. The van der Waals surface area contributed by atoms with Crippen LogP contribution in [0.25, 0.3) is 0 Å². The molecule has 0 saturated carbocycles. The molecule has 0 spiro atoms. The van der Waals surface area contributed by atoms with Crippen molar-refractivity contribution in [2.24, 2.45) is 0 Å². The molecule has 2 N–H and O–H groups in total. The summed E-state index contributed by atoms with van der Waals surface area (Å²) < 4.78 is 0. The van der Waals surface area contributed by atoms with Gasteiger partial charge in [0, 0.05) is 11.7 Å². The zero-order valence-corrected chi connectivity index (χ0v) is 14.2. The highest BCUT2D eigenvalue weighted by Gasteiger charge is 2.32. The molecule has 6 heteroatoms. The van der Waals surface area contributed by atoms with E-state index in [1.54, 1.807) is 25.1 Å². The highest BCUT2D eigenvalue weighted by atomic mass is 35.5. The van der Waals surface area contributed by atoms with E-state index in [9.17, 15) is 9.90 Å². The number of anilines is 1. The predicted octanol–water partition coefficient (Wildman–Crippen LogP) is 2.77. The smallest absolute Gasteiger partial charge is 0.241 e. The molecule has 1 fully saturated rings. The maximum Gasteiger partial charge on any atom is 0.241 e. The van der Waals surface area contributed by atoms with Gasteiger partial charge in [0.1, 0.15) is 6.07 Å². The van der Waals surface area contributed by atoms with Crippen molar-refractivity contribution in [3.8, 4) is 6.07 Å². The van der Waals surface area contributed by atoms with Crippen LogP contribution in [0.3, 0.4) is 0 Å². The molecule has 3 atom stereocenters. The molecule has 1 aromatic carbocycles. The van der Waals surface area contributed by atoms with Gasteiger partial charge in [-0.15, -0.1) is 0 Å². The van der Waals surface area contributed by atoms with Crippen molar-refractivity contribution in [3.05, 3.63) is 28.8 Å². The van der Waals surface area contributed by atoms with Crippen molar-refractivity contribution < 1.29 is 9.90 Å². The van der Waals surface area contributed by atoms with E-state index in [1.807, 2.05) is 13.0 Å². The van der Waals surface area contributed by atoms with E-state index in [-0.39, 0.29) is 24.1 Å². The normalized spacial score (nSPS) is 20.7. The molecule has 0 aliphatic carbocycles. The van der Waals surface area contributed by atoms with E-state index >= 15 is 0 Å². The third-order valence-corrected chi connectivity index (χ3v) is 4.58. The molecule has 1 aliphatic heterocycles. The van der Waals surface area contributed by atoms with Crippen LogP contribution in [0.1, 0.15) is 38.7 Å². The Bertz CT molecular complexity index is 612. The maximum atomic E-state index is 12.5. The number of hydrogen-bond acceptors (Lipinski definition) is 4. The molecule has 124 valence electrons. The van der Waals surface area contributed by atoms with E-state index in [0.29, 0.717) is 22.7 Å². The first-order valence-corrected chi connectivity index (χ1v) is 8.24. The largest absolute Gasteiger partial charge is 0.393 e. The van der Waals surface area contributed by atoms with Crippen molar-refractivity contribution in [1.29, 1.82) is 5.26 Å². The monoisotopic (exact) mass is 335 g/mol. The average molecular weight is 336 g/mol. The zero-order valence-electron chi connectivity index (χ0n) is 13.4. The van der Waals surface area contributed by atoms with Gasteiger partial charge in [0.2, 0.25) is 5.91 Å². The molecule has 0 bridgehead atoms. The van der Waals surface area contributed by atoms with Crippen molar-refractivity contribution in [3.63, 3.8) is 0 Å². The molecule has 1 amide bonds. The Morgan fingerprint density at radius 1 is 1.57 bits per heavy atom. The predicted molar refractivity (Wildman–Crippen MR) is 90.3 cm³/mol. The van der Waals surface area contributed by atoms with Gasteiger partial charge in [-0.05, 0) is 57.9 Å². The minimum absolute atomic E-state index is 0.108. The molecule has 23 heavy (non-hydrogen) atoms. The quantitative estimate of drug-likeness (QED) is 0.867. The number of likely N-dealkylation sites (tertiary alicyclic amines) is 1. The van der Waals surface area contributed by atoms with Gasteiger partial charge in [-0.25, -0.2) is 0 Å². The number of carbonyl (C=O) groups is 1. The summed E-state index contributed by atoms with van der Waals surface area (Å²) in [5.41, 5.74) is 0.964. The third kappa shape index (κ3) is 4.44. The van der Waals surface area contributed by atoms with E-state index in [4.69, 9.17) is 16.9 Å². The molecular formula is C17H22ClN3O2. The third-order valence-electron chi connectivity index (χ3n) is 4.27. The standard InChI is InChI=1S/C17H22ClN3O2/c1-11(22)8-15-4-3-7-21(15)12(2)17(23)20-14-6-5-13(10-19)16(18)9-14/h5-6,9,11-12,15,22H,3-4,7-8H2,1-2H3,(H,20,23). The van der Waals surface area contributed by atoms with Crippen LogP contribution in [0.4, 0.5) is 5.69 Å². The molecule has 1 saturated heterocycles. The summed E-state index contributed by atoms with van der Waals surface area (Å²) in [7, 11) is 0. The summed E-state index contributed by atoms with van der Waals surface area (Å²) in [5, 5.41) is 21.6. The Morgan fingerprint density at radius 3 is 2.91 bits per heavy atom. The number of halogens is 1. The summed E-state index contributed by atoms with van der Waals surface area (Å²) in [6, 6.07) is 6.80. The number of rotatable bonds is 5. The van der Waals surface area contributed by atoms with Gasteiger partial charge in [0.15, 0.2) is 0 Å². The topological polar surface area (TPSA) is 76.4 Å². The van der Waals surface area contributed by atoms with Crippen LogP contribution in [0.5, 0.6) is 0 Å². The molecular weight excluding hydrogens is 314 g/mol. The minimum Gasteiger partial charge on any atom is -0.393 e. The fourth-order valence-corrected chi connectivity index (χ4v) is 3.32. The lowest BCUT2D eigenvalue weighted by molar-refractivity contribution is -0.121. The Hall–Kier alpha value is -1.61. The van der Waals surface area contributed by atoms with Crippen LogP contribution in [0, 0.1) is 11.3 Å². The molecule has 5 nitrogen and oxygen atoms in total. The van der Waals surface area contributed by atoms with Crippen LogP contribution in [0.15, 0.2) is 18.2 Å². The van der Waals surface area contributed by atoms with Gasteiger partial charge in [0.05, 0.1) is 22.7 Å². The highest BCUT2D eigenvalue weighted by molar-refractivity contribution is 6.32. The van der Waals surface area contributed by atoms with Gasteiger partial charge in [-0.3, -0.25) is 9.69 Å². The maximum absolute atomic E-state index is 12.5. The first-order chi connectivity index (χ1) is 10.9. The summed E-state index contributed by atoms with van der Waals surface area (Å²) >= 11 is 5.99. The van der Waals surface area contributed by atoms with Crippen LogP contribution in [0.2, 0.25) is 5.02 Å². The zero-order chi connectivity index (χ0) is 17.0. The van der Waals surface area contributed by atoms with Gasteiger partial charge < -0.3 is 10.4 Å². The van der Waals surface area contributed by atoms with Crippen LogP contribution < -0.4 is 5.32 Å². The summed E-state index contributed by atoms with van der Waals surface area (Å²) in [6.07, 6.45) is 2.36. The second kappa shape index (κ2) is 7.78. The molecule has 0 aromatic heterocycles. The second-order valence-corrected chi connectivity index (χ2v) is 6.50. The number of nitrogens with one attached hydrogen (secondary N) is 1. The SMILES string of the molecule is CC(O)CC1CCCN1C(C)C(=O)Nc1ccc(C#N)c(Cl)c1. The number of amides is 1. The van der Waals surface area contributed by atoms with Crippen molar-refractivity contribution >= 4 is 23.2 Å². The number of carbonyl (C=O) groups excluding carboxylic acids is 1. The first kappa shape index (κ1) is 17.7. The Morgan fingerprint density at radius 2 is 2.30 bits per heavy atom. The van der Waals surface area contributed by atoms with Gasteiger partial charge in [-0.1, -0.05) is 11.6 Å². The van der Waals surface area contributed by atoms with E-state index in [0.717, 1.165) is 19.4 Å². The minimum atomic E-state index is -0.367. The van der Waals surface area contributed by atoms with Crippen molar-refractivity contribution in [2.45, 2.75) is 51.3 Å². The number of nitriles is 1. The number of nitrogens with zero attached hydrogens (tertiary/aromatic N) is 2. The van der Waals surface area contributed by atoms with Gasteiger partial charge in [0.25, 0.3) is 0 Å². The molecule has 2 rings (SSSR count). The second-order valence-electron chi connectivity index (χ2n) is 6.09. The number of aliphatic hydroxyl groups is 1. The highest BCUT2D eigenvalue weighted by Crippen LogP contribution is 2.25.